The van der Waals surface area contributed by atoms with Gasteiger partial charge in [-0.05, 0) is 31.6 Å². The van der Waals surface area contributed by atoms with Crippen LogP contribution in [0.5, 0.6) is 0 Å². The van der Waals surface area contributed by atoms with E-state index in [-0.39, 0.29) is 25.7 Å². The molecule has 99 heavy (non-hydrogen) atoms. The fraction of sp³-hybridized carbons (Fsp3) is 0.950. The molecule has 0 heterocycles. The van der Waals surface area contributed by atoms with Gasteiger partial charge in [-0.25, -0.2) is 9.13 Å². The second-order valence-corrected chi connectivity index (χ2v) is 32.0. The number of unbranched alkanes of at least 4 members (excludes halogenated alkanes) is 51. The standard InChI is InChI=1S/C80H156O17P2/c1-6-10-13-16-19-22-25-27-29-30-35-39-44-49-54-59-64-78(83)91-70-76(97-80(85)66-61-56-51-46-41-36-32-31-33-38-42-47-52-57-62-73(5)9-4)72-95-99(88,89)93-68-74(81)67-92-98(86,87)94-71-75(69-90-77(82)63-58-53-48-43-37-24-21-18-15-12-8-3)96-79(84)65-60-55-50-45-40-34-28-26-23-20-17-14-11-7-2/h73-76,81H,6-72H2,1-5H3,(H,86,87)(H,88,89)/t73?,74-,75+,76+/m0/s1. The minimum absolute atomic E-state index is 0.109. The van der Waals surface area contributed by atoms with Gasteiger partial charge in [-0.15, -0.1) is 0 Å². The summed E-state index contributed by atoms with van der Waals surface area (Å²) >= 11 is 0. The number of rotatable bonds is 80. The van der Waals surface area contributed by atoms with Crippen molar-refractivity contribution >= 4 is 39.5 Å². The number of carbonyl (C=O) groups is 4. The molecule has 0 saturated carbocycles. The molecule has 0 bridgehead atoms. The first kappa shape index (κ1) is 97.1. The molecule has 3 unspecified atom stereocenters. The van der Waals surface area contributed by atoms with Crippen molar-refractivity contribution in [3.63, 3.8) is 0 Å². The molecular weight excluding hydrogens is 1290 g/mol. The number of esters is 4. The zero-order valence-corrected chi connectivity index (χ0v) is 66.4. The van der Waals surface area contributed by atoms with E-state index in [1.54, 1.807) is 0 Å². The molecular formula is C80H156O17P2. The van der Waals surface area contributed by atoms with Crippen LogP contribution >= 0.6 is 15.6 Å². The molecule has 19 heteroatoms. The predicted molar refractivity (Wildman–Crippen MR) is 405 cm³/mol. The van der Waals surface area contributed by atoms with E-state index in [0.717, 1.165) is 95.8 Å². The molecule has 17 nitrogen and oxygen atoms in total. The molecule has 0 aliphatic heterocycles. The van der Waals surface area contributed by atoms with E-state index >= 15 is 0 Å². The number of carbonyl (C=O) groups excluding carboxylic acids is 4. The topological polar surface area (TPSA) is 237 Å². The Labute approximate surface area is 607 Å². The van der Waals surface area contributed by atoms with Crippen LogP contribution in [0.25, 0.3) is 0 Å². The maximum atomic E-state index is 13.1. The van der Waals surface area contributed by atoms with Crippen LogP contribution < -0.4 is 0 Å². The Morgan fingerprint density at radius 2 is 0.485 bits per heavy atom. The zero-order valence-electron chi connectivity index (χ0n) is 64.6. The number of aliphatic hydroxyl groups is 1. The summed E-state index contributed by atoms with van der Waals surface area (Å²) in [6, 6.07) is 0. The quantitative estimate of drug-likeness (QED) is 0.0222. The van der Waals surface area contributed by atoms with Crippen molar-refractivity contribution in [1.29, 1.82) is 0 Å². The second kappa shape index (κ2) is 73.0. The number of phosphoric ester groups is 2. The zero-order chi connectivity index (χ0) is 72.7. The van der Waals surface area contributed by atoms with Gasteiger partial charge in [0.1, 0.15) is 19.3 Å². The van der Waals surface area contributed by atoms with Crippen LogP contribution in [0.4, 0.5) is 0 Å². The van der Waals surface area contributed by atoms with Gasteiger partial charge >= 0.3 is 39.5 Å². The van der Waals surface area contributed by atoms with E-state index in [9.17, 15) is 43.2 Å². The van der Waals surface area contributed by atoms with Crippen LogP contribution in [0.2, 0.25) is 0 Å². The Bertz CT molecular complexity index is 1890. The Morgan fingerprint density at radius 3 is 0.717 bits per heavy atom. The van der Waals surface area contributed by atoms with Crippen LogP contribution in [0, 0.1) is 5.92 Å². The van der Waals surface area contributed by atoms with E-state index in [1.165, 1.54) is 250 Å². The van der Waals surface area contributed by atoms with Crippen molar-refractivity contribution < 1.29 is 80.2 Å². The van der Waals surface area contributed by atoms with Crippen molar-refractivity contribution in [2.45, 2.75) is 445 Å². The minimum atomic E-state index is -4.96. The number of ether oxygens (including phenoxy) is 4. The molecule has 0 aromatic carbocycles. The fourth-order valence-electron chi connectivity index (χ4n) is 12.4. The van der Waals surface area contributed by atoms with Gasteiger partial charge in [0.05, 0.1) is 26.4 Å². The van der Waals surface area contributed by atoms with Crippen molar-refractivity contribution in [3.8, 4) is 0 Å². The molecule has 3 N–H and O–H groups in total. The smallest absolute Gasteiger partial charge is 0.462 e. The lowest BCUT2D eigenvalue weighted by Gasteiger charge is -2.21. The van der Waals surface area contributed by atoms with Crippen LogP contribution in [0.3, 0.4) is 0 Å². The average Bonchev–Trinajstić information content (AvgIpc) is 1.07. The van der Waals surface area contributed by atoms with Crippen molar-refractivity contribution in [1.82, 2.24) is 0 Å². The Kier molecular flexibility index (Phi) is 71.6. The van der Waals surface area contributed by atoms with Gasteiger partial charge in [-0.2, -0.15) is 0 Å². The summed E-state index contributed by atoms with van der Waals surface area (Å²) in [5.41, 5.74) is 0. The van der Waals surface area contributed by atoms with Crippen LogP contribution in [-0.2, 0) is 65.4 Å². The first-order chi connectivity index (χ1) is 48.1. The molecule has 0 aromatic rings. The molecule has 0 fully saturated rings. The Balaban J connectivity index is 5.25. The van der Waals surface area contributed by atoms with Gasteiger partial charge in [0, 0.05) is 25.7 Å². The summed E-state index contributed by atoms with van der Waals surface area (Å²) in [7, 11) is -9.92. The number of hydrogen-bond donors (Lipinski definition) is 3. The highest BCUT2D eigenvalue weighted by Gasteiger charge is 2.30. The van der Waals surface area contributed by atoms with Crippen molar-refractivity contribution in [3.05, 3.63) is 0 Å². The third-order valence-electron chi connectivity index (χ3n) is 19.1. The molecule has 0 spiro atoms. The monoisotopic (exact) mass is 1450 g/mol. The van der Waals surface area contributed by atoms with E-state index in [2.05, 4.69) is 34.6 Å². The Hall–Kier alpha value is -1.94. The highest BCUT2D eigenvalue weighted by atomic mass is 31.2. The lowest BCUT2D eigenvalue weighted by Crippen LogP contribution is -2.30. The van der Waals surface area contributed by atoms with Gasteiger partial charge in [0.25, 0.3) is 0 Å². The molecule has 0 rings (SSSR count). The van der Waals surface area contributed by atoms with Crippen LogP contribution in [0.15, 0.2) is 0 Å². The predicted octanol–water partition coefficient (Wildman–Crippen LogP) is 24.0. The fourth-order valence-corrected chi connectivity index (χ4v) is 14.0. The second-order valence-electron chi connectivity index (χ2n) is 29.1. The molecule has 0 amide bonds. The average molecular weight is 1450 g/mol. The lowest BCUT2D eigenvalue weighted by molar-refractivity contribution is -0.161. The highest BCUT2D eigenvalue weighted by molar-refractivity contribution is 7.47. The first-order valence-electron chi connectivity index (χ1n) is 41.7. The van der Waals surface area contributed by atoms with E-state index < -0.39 is 97.5 Å². The summed E-state index contributed by atoms with van der Waals surface area (Å²) in [4.78, 5) is 73.0. The molecule has 0 saturated heterocycles. The molecule has 6 atom stereocenters. The normalized spacial score (nSPS) is 14.1. The maximum absolute atomic E-state index is 13.1. The summed E-state index contributed by atoms with van der Waals surface area (Å²) in [5, 5.41) is 10.6. The van der Waals surface area contributed by atoms with Gasteiger partial charge in [-0.3, -0.25) is 37.3 Å². The number of phosphoric acid groups is 2. The van der Waals surface area contributed by atoms with Gasteiger partial charge < -0.3 is 33.8 Å². The van der Waals surface area contributed by atoms with E-state index in [0.29, 0.717) is 25.7 Å². The molecule has 0 aromatic heterocycles. The van der Waals surface area contributed by atoms with E-state index in [1.807, 2.05) is 0 Å². The molecule has 0 radical (unpaired) electrons. The minimum Gasteiger partial charge on any atom is -0.462 e. The molecule has 0 aliphatic rings. The SMILES string of the molecule is CCCCCCCCCCCCCCCCCCC(=O)OC[C@H](COP(=O)(O)OC[C@@H](O)COP(=O)(O)OC[C@@H](COC(=O)CCCCCCCCCCCCC)OC(=O)CCCCCCCCCCCCCCCC)OC(=O)CCCCCCCCCCCCCCCCC(C)CC. The van der Waals surface area contributed by atoms with Crippen molar-refractivity contribution in [2.24, 2.45) is 5.92 Å². The summed E-state index contributed by atoms with van der Waals surface area (Å²) in [6.45, 7) is 7.38. The Morgan fingerprint density at radius 1 is 0.283 bits per heavy atom. The molecule has 0 aliphatic carbocycles. The maximum Gasteiger partial charge on any atom is 0.472 e. The summed E-state index contributed by atoms with van der Waals surface area (Å²) in [5.74, 6) is -1.26. The summed E-state index contributed by atoms with van der Waals surface area (Å²) in [6.07, 6.45) is 63.5. The third-order valence-corrected chi connectivity index (χ3v) is 21.0. The van der Waals surface area contributed by atoms with E-state index in [4.69, 9.17) is 37.0 Å². The van der Waals surface area contributed by atoms with Gasteiger partial charge in [0.2, 0.25) is 0 Å². The van der Waals surface area contributed by atoms with Crippen LogP contribution in [0.1, 0.15) is 426 Å². The molecule has 588 valence electrons. The van der Waals surface area contributed by atoms with Gasteiger partial charge in [0.15, 0.2) is 12.2 Å². The highest BCUT2D eigenvalue weighted by Crippen LogP contribution is 2.45. The third kappa shape index (κ3) is 72.8. The van der Waals surface area contributed by atoms with Crippen molar-refractivity contribution in [2.75, 3.05) is 39.6 Å². The number of hydrogen-bond acceptors (Lipinski definition) is 15. The first-order valence-corrected chi connectivity index (χ1v) is 44.7. The number of aliphatic hydroxyl groups excluding tert-OH is 1. The largest absolute Gasteiger partial charge is 0.472 e. The van der Waals surface area contributed by atoms with Gasteiger partial charge in [-0.1, -0.05) is 375 Å². The lowest BCUT2D eigenvalue weighted by atomic mass is 9.99. The van der Waals surface area contributed by atoms with Crippen LogP contribution in [-0.4, -0.2) is 96.7 Å². The summed E-state index contributed by atoms with van der Waals surface area (Å²) < 4.78 is 68.7.